The van der Waals surface area contributed by atoms with Gasteiger partial charge < -0.3 is 9.84 Å². The topological polar surface area (TPSA) is 41.9 Å². The monoisotopic (exact) mass is 161 g/mol. The maximum absolute atomic E-state index is 8.90. The highest BCUT2D eigenvalue weighted by atomic mass is 16.7. The Hall–Kier alpha value is -0.160. The number of nitrogens with zero attached hydrogens (tertiary/aromatic N) is 1. The van der Waals surface area contributed by atoms with Crippen molar-refractivity contribution in [3.63, 3.8) is 0 Å². The summed E-state index contributed by atoms with van der Waals surface area (Å²) in [5, 5.41) is 10.7. The Balaban J connectivity index is 2.05. The van der Waals surface area contributed by atoms with Gasteiger partial charge in [-0.3, -0.25) is 4.84 Å². The first-order chi connectivity index (χ1) is 5.29. The van der Waals surface area contributed by atoms with Crippen LogP contribution in [0, 0.1) is 0 Å². The van der Waals surface area contributed by atoms with Crippen molar-refractivity contribution in [3.8, 4) is 0 Å². The average Bonchev–Trinajstić information content (AvgIpc) is 2.03. The molecule has 4 heteroatoms. The quantitative estimate of drug-likeness (QED) is 0.613. The fourth-order valence-corrected chi connectivity index (χ4v) is 0.889. The third-order valence-corrected chi connectivity index (χ3v) is 1.47. The highest BCUT2D eigenvalue weighted by Crippen LogP contribution is 1.97. The van der Waals surface area contributed by atoms with Crippen LogP contribution in [-0.2, 0) is 9.57 Å². The molecule has 4 nitrogen and oxygen atoms in total. The molecule has 1 rings (SSSR count). The van der Waals surface area contributed by atoms with Crippen molar-refractivity contribution in [2.24, 2.45) is 0 Å². The zero-order valence-corrected chi connectivity index (χ0v) is 6.82. The van der Waals surface area contributed by atoms with E-state index in [1.165, 1.54) is 0 Å². The molecule has 0 radical (unpaired) electrons. The van der Waals surface area contributed by atoms with Gasteiger partial charge >= 0.3 is 0 Å². The summed E-state index contributed by atoms with van der Waals surface area (Å²) in [7, 11) is 0. The molecule has 0 aromatic rings. The summed E-state index contributed by atoms with van der Waals surface area (Å²) in [6, 6.07) is 0. The lowest BCUT2D eigenvalue weighted by Gasteiger charge is -2.26. The Bertz CT molecular complexity index is 102. The molecule has 1 atom stereocenters. The molecule has 0 aromatic carbocycles. The molecule has 1 unspecified atom stereocenters. The van der Waals surface area contributed by atoms with Crippen molar-refractivity contribution in [1.82, 2.24) is 5.06 Å². The van der Waals surface area contributed by atoms with E-state index in [9.17, 15) is 0 Å². The summed E-state index contributed by atoms with van der Waals surface area (Å²) in [4.78, 5) is 5.25. The summed E-state index contributed by atoms with van der Waals surface area (Å²) in [6.07, 6.45) is -0.391. The van der Waals surface area contributed by atoms with Gasteiger partial charge in [0.25, 0.3) is 0 Å². The van der Waals surface area contributed by atoms with Crippen LogP contribution in [0.2, 0.25) is 0 Å². The molecule has 66 valence electrons. The minimum atomic E-state index is -0.391. The van der Waals surface area contributed by atoms with Gasteiger partial charge in [0.15, 0.2) is 0 Å². The van der Waals surface area contributed by atoms with Gasteiger partial charge in [-0.05, 0) is 6.92 Å². The molecule has 0 aromatic heterocycles. The highest BCUT2D eigenvalue weighted by molar-refractivity contribution is 4.52. The van der Waals surface area contributed by atoms with Gasteiger partial charge in [-0.1, -0.05) is 0 Å². The van der Waals surface area contributed by atoms with Crippen LogP contribution in [0.3, 0.4) is 0 Å². The maximum Gasteiger partial charge on any atom is 0.0941 e. The number of aliphatic hydroxyl groups is 1. The Morgan fingerprint density at radius 1 is 1.55 bits per heavy atom. The Labute approximate surface area is 66.7 Å². The van der Waals surface area contributed by atoms with Crippen molar-refractivity contribution >= 4 is 0 Å². The number of aliphatic hydroxyl groups excluding tert-OH is 1. The predicted molar refractivity (Wildman–Crippen MR) is 40.0 cm³/mol. The molecule has 0 spiro atoms. The molecule has 1 aliphatic rings. The maximum atomic E-state index is 8.90. The van der Waals surface area contributed by atoms with Crippen LogP contribution in [0.25, 0.3) is 0 Å². The fraction of sp³-hybridized carbons (Fsp3) is 1.00. The minimum absolute atomic E-state index is 0.375. The fourth-order valence-electron chi connectivity index (χ4n) is 0.889. The summed E-state index contributed by atoms with van der Waals surface area (Å²) in [5.74, 6) is 0. The largest absolute Gasteiger partial charge is 0.391 e. The minimum Gasteiger partial charge on any atom is -0.391 e. The molecule has 0 aliphatic carbocycles. The Morgan fingerprint density at radius 3 is 2.73 bits per heavy atom. The second-order valence-electron chi connectivity index (χ2n) is 2.69. The molecule has 1 aliphatic heterocycles. The van der Waals surface area contributed by atoms with Crippen LogP contribution in [0.15, 0.2) is 0 Å². The first-order valence-electron chi connectivity index (χ1n) is 3.92. The van der Waals surface area contributed by atoms with Gasteiger partial charge in [0.2, 0.25) is 0 Å². The van der Waals surface area contributed by atoms with Crippen LogP contribution >= 0.6 is 0 Å². The molecule has 0 bridgehead atoms. The van der Waals surface area contributed by atoms with Crippen LogP contribution in [0.1, 0.15) is 6.92 Å². The van der Waals surface area contributed by atoms with Crippen molar-refractivity contribution in [3.05, 3.63) is 0 Å². The van der Waals surface area contributed by atoms with E-state index >= 15 is 0 Å². The van der Waals surface area contributed by atoms with E-state index in [4.69, 9.17) is 14.7 Å². The van der Waals surface area contributed by atoms with Gasteiger partial charge in [0.05, 0.1) is 25.9 Å². The van der Waals surface area contributed by atoms with Gasteiger partial charge in [-0.25, -0.2) is 0 Å². The number of ether oxygens (including phenoxy) is 1. The third-order valence-electron chi connectivity index (χ3n) is 1.47. The standard InChI is InChI=1S/C7H15NO3/c1-7(9)6-11-8-2-4-10-5-3-8/h7,9H,2-6H2,1H3. The first kappa shape index (κ1) is 8.93. The lowest BCUT2D eigenvalue weighted by molar-refractivity contribution is -0.206. The van der Waals surface area contributed by atoms with E-state index in [0.717, 1.165) is 26.3 Å². The van der Waals surface area contributed by atoms with E-state index in [2.05, 4.69) is 0 Å². The Kier molecular flexibility index (Phi) is 3.79. The van der Waals surface area contributed by atoms with Crippen LogP contribution in [0.4, 0.5) is 0 Å². The zero-order valence-electron chi connectivity index (χ0n) is 6.82. The highest BCUT2D eigenvalue weighted by Gasteiger charge is 2.10. The molecule has 1 heterocycles. The predicted octanol–water partition coefficient (Wildman–Crippen LogP) is -0.369. The van der Waals surface area contributed by atoms with Gasteiger partial charge in [-0.2, -0.15) is 5.06 Å². The molecule has 1 N–H and O–H groups in total. The van der Waals surface area contributed by atoms with E-state index < -0.39 is 6.10 Å². The molecule has 1 fully saturated rings. The smallest absolute Gasteiger partial charge is 0.0941 e. The van der Waals surface area contributed by atoms with Crippen LogP contribution in [-0.4, -0.2) is 49.2 Å². The lowest BCUT2D eigenvalue weighted by Crippen LogP contribution is -2.37. The molecule has 0 saturated carbocycles. The SMILES string of the molecule is CC(O)CON1CCOCC1. The van der Waals surface area contributed by atoms with Gasteiger partial charge in [-0.15, -0.1) is 0 Å². The van der Waals surface area contributed by atoms with Crippen molar-refractivity contribution in [2.45, 2.75) is 13.0 Å². The van der Waals surface area contributed by atoms with E-state index in [1.54, 1.807) is 6.92 Å². The molecular formula is C7H15NO3. The van der Waals surface area contributed by atoms with Crippen LogP contribution < -0.4 is 0 Å². The summed E-state index contributed by atoms with van der Waals surface area (Å²) in [6.45, 7) is 5.12. The van der Waals surface area contributed by atoms with Crippen molar-refractivity contribution in [2.75, 3.05) is 32.9 Å². The summed E-state index contributed by atoms with van der Waals surface area (Å²) in [5.41, 5.74) is 0. The number of morpholine rings is 1. The Morgan fingerprint density at radius 2 is 2.18 bits per heavy atom. The molecule has 11 heavy (non-hydrogen) atoms. The first-order valence-corrected chi connectivity index (χ1v) is 3.92. The van der Waals surface area contributed by atoms with E-state index in [0.29, 0.717) is 6.61 Å². The zero-order chi connectivity index (χ0) is 8.10. The number of hydrogen-bond acceptors (Lipinski definition) is 4. The van der Waals surface area contributed by atoms with Crippen molar-refractivity contribution < 1.29 is 14.7 Å². The third kappa shape index (κ3) is 3.67. The number of hydrogen-bond donors (Lipinski definition) is 1. The number of rotatable bonds is 3. The van der Waals surface area contributed by atoms with Crippen molar-refractivity contribution in [1.29, 1.82) is 0 Å². The van der Waals surface area contributed by atoms with Crippen LogP contribution in [0.5, 0.6) is 0 Å². The number of hydroxylamine groups is 2. The molecule has 0 amide bonds. The van der Waals surface area contributed by atoms with E-state index in [1.807, 2.05) is 5.06 Å². The summed E-state index contributed by atoms with van der Waals surface area (Å²) < 4.78 is 5.12. The second-order valence-corrected chi connectivity index (χ2v) is 2.69. The molecule has 1 saturated heterocycles. The average molecular weight is 161 g/mol. The molecular weight excluding hydrogens is 146 g/mol. The normalized spacial score (nSPS) is 23.5. The van der Waals surface area contributed by atoms with Gasteiger partial charge in [0.1, 0.15) is 0 Å². The summed E-state index contributed by atoms with van der Waals surface area (Å²) >= 11 is 0. The second kappa shape index (κ2) is 4.66. The van der Waals surface area contributed by atoms with E-state index in [-0.39, 0.29) is 0 Å². The lowest BCUT2D eigenvalue weighted by atomic mass is 10.4. The van der Waals surface area contributed by atoms with Gasteiger partial charge in [0, 0.05) is 13.1 Å².